The molecule has 5 aromatic carbocycles. The summed E-state index contributed by atoms with van der Waals surface area (Å²) in [7, 11) is 2.15. The van der Waals surface area contributed by atoms with Crippen molar-refractivity contribution in [1.82, 2.24) is 14.8 Å². The third kappa shape index (κ3) is 3.16. The van der Waals surface area contributed by atoms with Crippen LogP contribution in [0.4, 0.5) is 0 Å². The highest BCUT2D eigenvalue weighted by Gasteiger charge is 2.53. The molecule has 0 saturated carbocycles. The normalized spacial score (nSPS) is 14.9. The first-order chi connectivity index (χ1) is 22.1. The Morgan fingerprint density at radius 3 is 1.62 bits per heavy atom. The van der Waals surface area contributed by atoms with Crippen LogP contribution in [-0.2, 0) is 18.0 Å². The molecule has 0 atom stereocenters. The first-order valence-electron chi connectivity index (χ1n) is 15.6. The number of aromatic amines is 1. The van der Waals surface area contributed by atoms with Gasteiger partial charge in [0.15, 0.2) is 5.54 Å². The van der Waals surface area contributed by atoms with Crippen LogP contribution in [0.1, 0.15) is 50.5 Å². The van der Waals surface area contributed by atoms with E-state index < -0.39 is 11.0 Å². The van der Waals surface area contributed by atoms with Gasteiger partial charge < -0.3 is 0 Å². The SMILES string of the molecule is Cc1c(C)[n+](C)cn1C1(c2cccc(C3(c4ccn[nH]4)c4ccccc4-c4ccccc43)c2)c2ccccc2-c2ccccc21. The quantitative estimate of drug-likeness (QED) is 0.211. The number of aryl methyl sites for hydroxylation is 1. The minimum absolute atomic E-state index is 0.551. The summed E-state index contributed by atoms with van der Waals surface area (Å²) in [4.78, 5) is 0. The second kappa shape index (κ2) is 9.26. The Morgan fingerprint density at radius 2 is 1.11 bits per heavy atom. The predicted molar refractivity (Wildman–Crippen MR) is 178 cm³/mol. The first-order valence-corrected chi connectivity index (χ1v) is 15.6. The molecule has 7 aromatic rings. The van der Waals surface area contributed by atoms with Gasteiger partial charge in [-0.1, -0.05) is 115 Å². The van der Waals surface area contributed by atoms with Crippen molar-refractivity contribution in [2.24, 2.45) is 7.05 Å². The summed E-state index contributed by atoms with van der Waals surface area (Å²) in [5, 5.41) is 7.92. The lowest BCUT2D eigenvalue weighted by Crippen LogP contribution is -2.38. The van der Waals surface area contributed by atoms with E-state index in [4.69, 9.17) is 0 Å². The molecule has 45 heavy (non-hydrogen) atoms. The molecular weight excluding hydrogens is 548 g/mol. The number of rotatable bonds is 4. The van der Waals surface area contributed by atoms with Gasteiger partial charge >= 0.3 is 0 Å². The summed E-state index contributed by atoms with van der Waals surface area (Å²) in [5.41, 5.74) is 15.1. The van der Waals surface area contributed by atoms with Crippen molar-refractivity contribution in [1.29, 1.82) is 0 Å². The highest BCUT2D eigenvalue weighted by molar-refractivity contribution is 5.87. The molecule has 0 fully saturated rings. The van der Waals surface area contributed by atoms with Crippen LogP contribution in [-0.4, -0.2) is 14.8 Å². The topological polar surface area (TPSA) is 37.5 Å². The molecule has 2 aliphatic carbocycles. The third-order valence-corrected chi connectivity index (χ3v) is 10.6. The Hall–Kier alpha value is -5.48. The molecule has 0 unspecified atom stereocenters. The van der Waals surface area contributed by atoms with E-state index in [0.717, 1.165) is 5.69 Å². The lowest BCUT2D eigenvalue weighted by Gasteiger charge is -2.35. The van der Waals surface area contributed by atoms with E-state index >= 15 is 0 Å². The van der Waals surface area contributed by atoms with Gasteiger partial charge in [-0.15, -0.1) is 0 Å². The largest absolute Gasteiger partial charge is 0.281 e. The maximum atomic E-state index is 4.50. The highest BCUT2D eigenvalue weighted by Crippen LogP contribution is 2.58. The summed E-state index contributed by atoms with van der Waals surface area (Å²) in [6.45, 7) is 4.46. The third-order valence-electron chi connectivity index (χ3n) is 10.6. The Labute approximate surface area is 263 Å². The zero-order chi connectivity index (χ0) is 30.3. The maximum absolute atomic E-state index is 4.50. The average Bonchev–Trinajstić information content (AvgIpc) is 3.85. The van der Waals surface area contributed by atoms with Crippen molar-refractivity contribution in [2.45, 2.75) is 24.8 Å². The number of nitrogens with one attached hydrogen (secondary N) is 1. The van der Waals surface area contributed by atoms with Gasteiger partial charge in [0.25, 0.3) is 0 Å². The van der Waals surface area contributed by atoms with Gasteiger partial charge in [0.1, 0.15) is 11.4 Å². The van der Waals surface area contributed by atoms with E-state index in [2.05, 4.69) is 174 Å². The van der Waals surface area contributed by atoms with Crippen LogP contribution in [0.5, 0.6) is 0 Å². The van der Waals surface area contributed by atoms with E-state index in [-0.39, 0.29) is 0 Å². The number of aromatic nitrogens is 4. The Morgan fingerprint density at radius 1 is 0.600 bits per heavy atom. The minimum Gasteiger partial charge on any atom is -0.281 e. The van der Waals surface area contributed by atoms with Gasteiger partial charge in [-0.05, 0) is 51.1 Å². The standard InChI is InChI=1S/C41H33N4/c1-27-28(2)45(26-44(27)3)41(37-21-10-6-17-33(37)34-18-7-11-22-38(34)41)30-14-12-13-29(25-30)40(39-23-24-42-43-39)35-19-8-4-15-31(35)32-16-5-9-20-36(32)40/h4-26H,1-3H3,(H,42,43)/q+1. The molecular formula is C41H33N4+. The lowest BCUT2D eigenvalue weighted by atomic mass is 9.68. The van der Waals surface area contributed by atoms with Gasteiger partial charge in [0.05, 0.1) is 18.2 Å². The number of benzene rings is 5. The minimum atomic E-state index is -0.563. The fraction of sp³-hybridized carbons (Fsp3) is 0.122. The van der Waals surface area contributed by atoms with Crippen LogP contribution >= 0.6 is 0 Å². The molecule has 2 aromatic heterocycles. The smallest absolute Gasteiger partial charge is 0.245 e. The van der Waals surface area contributed by atoms with E-state index in [9.17, 15) is 0 Å². The number of imidazole rings is 1. The lowest BCUT2D eigenvalue weighted by molar-refractivity contribution is -0.677. The molecule has 4 heteroatoms. The van der Waals surface area contributed by atoms with Gasteiger partial charge in [0, 0.05) is 36.7 Å². The Kier molecular flexibility index (Phi) is 5.34. The zero-order valence-corrected chi connectivity index (χ0v) is 25.6. The van der Waals surface area contributed by atoms with Gasteiger partial charge in [-0.2, -0.15) is 5.10 Å². The van der Waals surface area contributed by atoms with Crippen molar-refractivity contribution >= 4 is 0 Å². The molecule has 0 bridgehead atoms. The molecule has 1 N–H and O–H groups in total. The Bertz CT molecular complexity index is 2180. The summed E-state index contributed by atoms with van der Waals surface area (Å²) in [5.74, 6) is 0. The molecule has 0 radical (unpaired) electrons. The summed E-state index contributed by atoms with van der Waals surface area (Å²) >= 11 is 0. The van der Waals surface area contributed by atoms with Gasteiger partial charge in [-0.3, -0.25) is 5.10 Å². The van der Waals surface area contributed by atoms with Crippen LogP contribution < -0.4 is 4.57 Å². The average molecular weight is 582 g/mol. The zero-order valence-electron chi connectivity index (χ0n) is 25.6. The number of nitrogens with zero attached hydrogens (tertiary/aromatic N) is 3. The fourth-order valence-electron chi connectivity index (χ4n) is 8.47. The molecule has 2 aliphatic rings. The van der Waals surface area contributed by atoms with Crippen LogP contribution in [0.3, 0.4) is 0 Å². The molecule has 9 rings (SSSR count). The fourth-order valence-corrected chi connectivity index (χ4v) is 8.47. The van der Waals surface area contributed by atoms with Crippen LogP contribution in [0.2, 0.25) is 0 Å². The van der Waals surface area contributed by atoms with Crippen LogP contribution in [0, 0.1) is 13.8 Å². The summed E-state index contributed by atoms with van der Waals surface area (Å²) < 4.78 is 4.76. The predicted octanol–water partition coefficient (Wildman–Crippen LogP) is 7.84. The summed E-state index contributed by atoms with van der Waals surface area (Å²) in [6.07, 6.45) is 4.16. The van der Waals surface area contributed by atoms with Crippen molar-refractivity contribution < 1.29 is 4.57 Å². The number of hydrogen-bond donors (Lipinski definition) is 1. The van der Waals surface area contributed by atoms with Crippen molar-refractivity contribution in [3.8, 4) is 22.3 Å². The second-order valence-electron chi connectivity index (χ2n) is 12.5. The number of H-pyrrole nitrogens is 1. The van der Waals surface area contributed by atoms with Crippen LogP contribution in [0.25, 0.3) is 22.3 Å². The molecule has 0 saturated heterocycles. The highest BCUT2D eigenvalue weighted by atomic mass is 15.2. The summed E-state index contributed by atoms with van der Waals surface area (Å²) in [6, 6.07) is 47.1. The van der Waals surface area contributed by atoms with Gasteiger partial charge in [0.2, 0.25) is 6.33 Å². The molecule has 0 spiro atoms. The molecule has 0 amide bonds. The van der Waals surface area contributed by atoms with E-state index in [0.29, 0.717) is 0 Å². The monoisotopic (exact) mass is 581 g/mol. The Balaban J connectivity index is 1.42. The van der Waals surface area contributed by atoms with Crippen LogP contribution in [0.15, 0.2) is 140 Å². The van der Waals surface area contributed by atoms with E-state index in [1.165, 1.54) is 67.0 Å². The van der Waals surface area contributed by atoms with Crippen molar-refractivity contribution in [3.05, 3.63) is 190 Å². The van der Waals surface area contributed by atoms with Crippen molar-refractivity contribution in [3.63, 3.8) is 0 Å². The molecule has 216 valence electrons. The molecule has 4 nitrogen and oxygen atoms in total. The number of hydrogen-bond acceptors (Lipinski definition) is 1. The van der Waals surface area contributed by atoms with Gasteiger partial charge in [-0.25, -0.2) is 9.13 Å². The molecule has 0 aliphatic heterocycles. The first kappa shape index (κ1) is 26.0. The van der Waals surface area contributed by atoms with Crippen molar-refractivity contribution in [2.75, 3.05) is 0 Å². The maximum Gasteiger partial charge on any atom is 0.245 e. The van der Waals surface area contributed by atoms with E-state index in [1.807, 2.05) is 6.20 Å². The molecule has 2 heterocycles. The number of fused-ring (bicyclic) bond motifs is 6. The van der Waals surface area contributed by atoms with E-state index in [1.54, 1.807) is 0 Å². The second-order valence-corrected chi connectivity index (χ2v) is 12.5.